The van der Waals surface area contributed by atoms with Gasteiger partial charge in [0.2, 0.25) is 0 Å². The fourth-order valence-electron chi connectivity index (χ4n) is 4.19. The smallest absolute Gasteiger partial charge is 0.253 e. The Labute approximate surface area is 149 Å². The lowest BCUT2D eigenvalue weighted by molar-refractivity contribution is 0.0779. The van der Waals surface area contributed by atoms with Crippen LogP contribution < -0.4 is 10.7 Å². The standard InChI is InChI=1S/C18H24N4O.ClH/c1-12-8-9-22(20-12)15-5-2-13(3-6-15)18(23)21-10-14-4-7-17(19)16(14)11-21;/h2-3,5-6,14,16-17H,4,7-11,19H2,1H3;1H. The predicted molar refractivity (Wildman–Crippen MR) is 98.9 cm³/mol. The van der Waals surface area contributed by atoms with Crippen LogP contribution >= 0.6 is 12.4 Å². The molecular weight excluding hydrogens is 324 g/mol. The minimum Gasteiger partial charge on any atom is -0.338 e. The molecule has 24 heavy (non-hydrogen) atoms. The quantitative estimate of drug-likeness (QED) is 0.893. The summed E-state index contributed by atoms with van der Waals surface area (Å²) in [6.07, 6.45) is 3.29. The van der Waals surface area contributed by atoms with Crippen LogP contribution in [0.15, 0.2) is 29.4 Å². The van der Waals surface area contributed by atoms with E-state index in [0.717, 1.165) is 49.4 Å². The largest absolute Gasteiger partial charge is 0.338 e. The summed E-state index contributed by atoms with van der Waals surface area (Å²) in [7, 11) is 0. The van der Waals surface area contributed by atoms with Crippen LogP contribution in [0.1, 0.15) is 36.5 Å². The highest BCUT2D eigenvalue weighted by Crippen LogP contribution is 2.37. The SMILES string of the molecule is CC1=NN(c2ccc(C(=O)N3CC4CCC(N)C4C3)cc2)CC1.Cl. The van der Waals surface area contributed by atoms with Crippen molar-refractivity contribution in [1.29, 1.82) is 0 Å². The van der Waals surface area contributed by atoms with E-state index in [1.165, 1.54) is 6.42 Å². The van der Waals surface area contributed by atoms with Crippen molar-refractivity contribution in [1.82, 2.24) is 4.90 Å². The van der Waals surface area contributed by atoms with E-state index < -0.39 is 0 Å². The van der Waals surface area contributed by atoms with Gasteiger partial charge < -0.3 is 10.6 Å². The molecule has 1 aromatic carbocycles. The van der Waals surface area contributed by atoms with Crippen molar-refractivity contribution in [3.63, 3.8) is 0 Å². The second-order valence-corrected chi connectivity index (χ2v) is 7.13. The van der Waals surface area contributed by atoms with E-state index in [2.05, 4.69) is 5.10 Å². The van der Waals surface area contributed by atoms with Crippen LogP contribution in [0.2, 0.25) is 0 Å². The average Bonchev–Trinajstić information content (AvgIpc) is 3.25. The van der Waals surface area contributed by atoms with Gasteiger partial charge in [0.05, 0.1) is 5.69 Å². The molecule has 0 spiro atoms. The Morgan fingerprint density at radius 2 is 1.96 bits per heavy atom. The van der Waals surface area contributed by atoms with Crippen LogP contribution in [-0.4, -0.2) is 42.2 Å². The Morgan fingerprint density at radius 1 is 1.21 bits per heavy atom. The molecular formula is C18H25ClN4O. The fraction of sp³-hybridized carbons (Fsp3) is 0.556. The van der Waals surface area contributed by atoms with Crippen molar-refractivity contribution in [2.45, 2.75) is 32.2 Å². The number of carbonyl (C=O) groups is 1. The van der Waals surface area contributed by atoms with Crippen molar-refractivity contribution >= 4 is 29.7 Å². The first-order valence-electron chi connectivity index (χ1n) is 8.58. The third kappa shape index (κ3) is 3.03. The van der Waals surface area contributed by atoms with Crippen LogP contribution in [0.3, 0.4) is 0 Å². The number of halogens is 1. The molecule has 4 rings (SSSR count). The third-order valence-corrected chi connectivity index (χ3v) is 5.59. The van der Waals surface area contributed by atoms with E-state index in [1.54, 1.807) is 0 Å². The summed E-state index contributed by atoms with van der Waals surface area (Å²) < 4.78 is 0. The van der Waals surface area contributed by atoms with Gasteiger partial charge in [0.25, 0.3) is 5.91 Å². The average molecular weight is 349 g/mol. The molecule has 2 heterocycles. The summed E-state index contributed by atoms with van der Waals surface area (Å²) in [6.45, 7) is 4.66. The number of nitrogens with two attached hydrogens (primary N) is 1. The molecule has 3 atom stereocenters. The number of carbonyl (C=O) groups excluding carboxylic acids is 1. The van der Waals surface area contributed by atoms with Crippen molar-refractivity contribution in [3.8, 4) is 0 Å². The fourth-order valence-corrected chi connectivity index (χ4v) is 4.19. The van der Waals surface area contributed by atoms with Gasteiger partial charge in [-0.25, -0.2) is 0 Å². The first-order chi connectivity index (χ1) is 11.1. The van der Waals surface area contributed by atoms with Gasteiger partial charge in [-0.15, -0.1) is 12.4 Å². The normalized spacial score (nSPS) is 28.6. The zero-order chi connectivity index (χ0) is 16.0. The van der Waals surface area contributed by atoms with E-state index in [1.807, 2.05) is 41.1 Å². The summed E-state index contributed by atoms with van der Waals surface area (Å²) >= 11 is 0. The zero-order valence-electron chi connectivity index (χ0n) is 14.0. The lowest BCUT2D eigenvalue weighted by Gasteiger charge is -2.19. The van der Waals surface area contributed by atoms with Gasteiger partial charge in [0.1, 0.15) is 0 Å². The highest BCUT2D eigenvalue weighted by atomic mass is 35.5. The van der Waals surface area contributed by atoms with E-state index in [4.69, 9.17) is 5.73 Å². The summed E-state index contributed by atoms with van der Waals surface area (Å²) in [5, 5.41) is 6.50. The number of anilines is 1. The van der Waals surface area contributed by atoms with Gasteiger partial charge in [-0.2, -0.15) is 5.10 Å². The molecule has 0 aromatic heterocycles. The molecule has 1 aromatic rings. The summed E-state index contributed by atoms with van der Waals surface area (Å²) in [5.41, 5.74) is 9.14. The summed E-state index contributed by atoms with van der Waals surface area (Å²) in [5.74, 6) is 1.24. The number of fused-ring (bicyclic) bond motifs is 1. The number of hydrazone groups is 1. The predicted octanol–water partition coefficient (Wildman–Crippen LogP) is 2.50. The molecule has 5 nitrogen and oxygen atoms in total. The Hall–Kier alpha value is -1.59. The molecule has 130 valence electrons. The Balaban J connectivity index is 0.00000169. The van der Waals surface area contributed by atoms with Gasteiger partial charge in [-0.05, 0) is 55.9 Å². The number of rotatable bonds is 2. The van der Waals surface area contributed by atoms with E-state index >= 15 is 0 Å². The number of amides is 1. The van der Waals surface area contributed by atoms with E-state index in [9.17, 15) is 4.79 Å². The van der Waals surface area contributed by atoms with E-state index in [0.29, 0.717) is 11.8 Å². The molecule has 1 saturated heterocycles. The molecule has 0 bridgehead atoms. The third-order valence-electron chi connectivity index (χ3n) is 5.59. The zero-order valence-corrected chi connectivity index (χ0v) is 14.8. The van der Waals surface area contributed by atoms with Crippen LogP contribution in [0, 0.1) is 11.8 Å². The Bertz CT molecular complexity index is 645. The van der Waals surface area contributed by atoms with Crippen molar-refractivity contribution < 1.29 is 4.79 Å². The van der Waals surface area contributed by atoms with Gasteiger partial charge in [-0.1, -0.05) is 0 Å². The first kappa shape index (κ1) is 17.2. The lowest BCUT2D eigenvalue weighted by atomic mass is 9.98. The number of nitrogens with zero attached hydrogens (tertiary/aromatic N) is 3. The Kier molecular flexibility index (Phi) is 4.83. The van der Waals surface area contributed by atoms with Gasteiger partial charge in [0, 0.05) is 43.4 Å². The summed E-state index contributed by atoms with van der Waals surface area (Å²) in [6, 6.07) is 8.12. The summed E-state index contributed by atoms with van der Waals surface area (Å²) in [4.78, 5) is 14.7. The molecule has 1 amide bonds. The van der Waals surface area contributed by atoms with Crippen molar-refractivity contribution in [3.05, 3.63) is 29.8 Å². The van der Waals surface area contributed by atoms with Crippen LogP contribution in [-0.2, 0) is 0 Å². The van der Waals surface area contributed by atoms with Gasteiger partial charge in [0.15, 0.2) is 0 Å². The maximum atomic E-state index is 12.7. The molecule has 1 saturated carbocycles. The lowest BCUT2D eigenvalue weighted by Crippen LogP contribution is -2.33. The Morgan fingerprint density at radius 3 is 2.58 bits per heavy atom. The minimum absolute atomic E-state index is 0. The van der Waals surface area contributed by atoms with Crippen molar-refractivity contribution in [2.24, 2.45) is 22.7 Å². The van der Waals surface area contributed by atoms with Crippen LogP contribution in [0.4, 0.5) is 5.69 Å². The molecule has 2 N–H and O–H groups in total. The second kappa shape index (κ2) is 6.73. The first-order valence-corrected chi connectivity index (χ1v) is 8.58. The molecule has 2 aliphatic heterocycles. The molecule has 0 radical (unpaired) electrons. The van der Waals surface area contributed by atoms with Gasteiger partial charge >= 0.3 is 0 Å². The highest BCUT2D eigenvalue weighted by molar-refractivity contribution is 5.95. The maximum absolute atomic E-state index is 12.7. The number of benzene rings is 1. The molecule has 3 unspecified atom stereocenters. The van der Waals surface area contributed by atoms with Gasteiger partial charge in [-0.3, -0.25) is 9.80 Å². The molecule has 3 aliphatic rings. The minimum atomic E-state index is 0. The molecule has 6 heteroatoms. The van der Waals surface area contributed by atoms with Crippen molar-refractivity contribution in [2.75, 3.05) is 24.6 Å². The molecule has 1 aliphatic carbocycles. The topological polar surface area (TPSA) is 61.9 Å². The maximum Gasteiger partial charge on any atom is 0.253 e. The molecule has 2 fully saturated rings. The van der Waals surface area contributed by atoms with E-state index in [-0.39, 0.29) is 24.4 Å². The second-order valence-electron chi connectivity index (χ2n) is 7.13. The highest BCUT2D eigenvalue weighted by Gasteiger charge is 2.42. The van der Waals surface area contributed by atoms with Crippen LogP contribution in [0.25, 0.3) is 0 Å². The monoisotopic (exact) mass is 348 g/mol. The number of hydrogen-bond donors (Lipinski definition) is 1. The van der Waals surface area contributed by atoms with Crippen LogP contribution in [0.5, 0.6) is 0 Å². The number of likely N-dealkylation sites (tertiary alicyclic amines) is 1. The number of hydrogen-bond acceptors (Lipinski definition) is 4.